The van der Waals surface area contributed by atoms with Gasteiger partial charge in [-0.2, -0.15) is 0 Å². The molecule has 2 atom stereocenters. The second-order valence-corrected chi connectivity index (χ2v) is 5.84. The molecule has 0 amide bonds. The van der Waals surface area contributed by atoms with Crippen molar-refractivity contribution in [2.24, 2.45) is 5.92 Å². The van der Waals surface area contributed by atoms with E-state index in [9.17, 15) is 9.50 Å². The number of hydrogen-bond acceptors (Lipinski definition) is 4. The lowest BCUT2D eigenvalue weighted by Crippen LogP contribution is -2.34. The number of nitrogens with one attached hydrogen (secondary N) is 1. The summed E-state index contributed by atoms with van der Waals surface area (Å²) in [4.78, 5) is 2.32. The zero-order chi connectivity index (χ0) is 15.1. The van der Waals surface area contributed by atoms with Gasteiger partial charge < -0.3 is 20.1 Å². The van der Waals surface area contributed by atoms with Gasteiger partial charge in [-0.1, -0.05) is 18.2 Å². The second kappa shape index (κ2) is 8.44. The van der Waals surface area contributed by atoms with Crippen LogP contribution in [0.3, 0.4) is 0 Å². The monoisotopic (exact) mass is 296 g/mol. The molecule has 21 heavy (non-hydrogen) atoms. The smallest absolute Gasteiger partial charge is 0.128 e. The summed E-state index contributed by atoms with van der Waals surface area (Å²) in [7, 11) is 2.13. The summed E-state index contributed by atoms with van der Waals surface area (Å²) in [5.41, 5.74) is 0.520. The standard InChI is InChI=1S/C16H25FN2O2/c1-19-7-6-13(10-19)8-18-9-15(20)12-21-11-14-4-2-3-5-16(14)17/h2-5,13,15,18,20H,6-12H2,1H3. The van der Waals surface area contributed by atoms with Gasteiger partial charge in [-0.3, -0.25) is 0 Å². The molecule has 1 aromatic rings. The number of likely N-dealkylation sites (tertiary alicyclic amines) is 1. The van der Waals surface area contributed by atoms with Crippen molar-refractivity contribution in [1.29, 1.82) is 0 Å². The van der Waals surface area contributed by atoms with Crippen LogP contribution in [0, 0.1) is 11.7 Å². The number of hydrogen-bond donors (Lipinski definition) is 2. The molecule has 118 valence electrons. The molecule has 0 aromatic heterocycles. The van der Waals surface area contributed by atoms with E-state index in [0.29, 0.717) is 18.0 Å². The molecule has 0 bridgehead atoms. The van der Waals surface area contributed by atoms with E-state index in [0.717, 1.165) is 19.6 Å². The van der Waals surface area contributed by atoms with Crippen molar-refractivity contribution in [3.63, 3.8) is 0 Å². The maximum Gasteiger partial charge on any atom is 0.128 e. The summed E-state index contributed by atoms with van der Waals surface area (Å²) in [6, 6.07) is 6.53. The highest BCUT2D eigenvalue weighted by Crippen LogP contribution is 2.12. The van der Waals surface area contributed by atoms with E-state index >= 15 is 0 Å². The molecule has 0 aliphatic carbocycles. The Balaban J connectivity index is 1.55. The molecule has 0 saturated carbocycles. The van der Waals surface area contributed by atoms with E-state index in [1.54, 1.807) is 18.2 Å². The van der Waals surface area contributed by atoms with Gasteiger partial charge in [0, 0.05) is 18.7 Å². The number of ether oxygens (including phenoxy) is 1. The van der Waals surface area contributed by atoms with Crippen LogP contribution < -0.4 is 5.32 Å². The fourth-order valence-corrected chi connectivity index (χ4v) is 2.63. The molecule has 1 aromatic carbocycles. The number of aliphatic hydroxyl groups excluding tert-OH is 1. The van der Waals surface area contributed by atoms with Crippen molar-refractivity contribution in [3.05, 3.63) is 35.6 Å². The van der Waals surface area contributed by atoms with Crippen LogP contribution in [0.15, 0.2) is 24.3 Å². The molecule has 1 aliphatic rings. The molecule has 5 heteroatoms. The highest BCUT2D eigenvalue weighted by molar-refractivity contribution is 5.16. The Morgan fingerprint density at radius 1 is 1.48 bits per heavy atom. The van der Waals surface area contributed by atoms with Crippen molar-refractivity contribution in [3.8, 4) is 0 Å². The molecule has 4 nitrogen and oxygen atoms in total. The van der Waals surface area contributed by atoms with Gasteiger partial charge in [-0.15, -0.1) is 0 Å². The first-order valence-corrected chi connectivity index (χ1v) is 7.53. The summed E-state index contributed by atoms with van der Waals surface area (Å²) in [5.74, 6) is 0.400. The van der Waals surface area contributed by atoms with Gasteiger partial charge >= 0.3 is 0 Å². The van der Waals surface area contributed by atoms with Gasteiger partial charge in [0.25, 0.3) is 0 Å². The number of halogens is 1. The lowest BCUT2D eigenvalue weighted by Gasteiger charge is -2.15. The Kier molecular flexibility index (Phi) is 6.57. The lowest BCUT2D eigenvalue weighted by atomic mass is 10.1. The predicted octanol–water partition coefficient (Wildman–Crippen LogP) is 1.24. The molecule has 0 spiro atoms. The van der Waals surface area contributed by atoms with E-state index in [-0.39, 0.29) is 19.0 Å². The molecule has 1 fully saturated rings. The largest absolute Gasteiger partial charge is 0.389 e. The van der Waals surface area contributed by atoms with Crippen LogP contribution in [0.25, 0.3) is 0 Å². The third-order valence-corrected chi connectivity index (χ3v) is 3.83. The Labute approximate surface area is 125 Å². The van der Waals surface area contributed by atoms with Gasteiger partial charge in [-0.25, -0.2) is 4.39 Å². The second-order valence-electron chi connectivity index (χ2n) is 5.84. The van der Waals surface area contributed by atoms with Crippen molar-refractivity contribution < 1.29 is 14.2 Å². The summed E-state index contributed by atoms with van der Waals surface area (Å²) >= 11 is 0. The Morgan fingerprint density at radius 3 is 3.00 bits per heavy atom. The van der Waals surface area contributed by atoms with E-state index in [1.165, 1.54) is 12.5 Å². The summed E-state index contributed by atoms with van der Waals surface area (Å²) in [6.07, 6.45) is 0.652. The minimum atomic E-state index is -0.559. The van der Waals surface area contributed by atoms with Crippen LogP contribution in [-0.4, -0.2) is 55.9 Å². The molecule has 2 N–H and O–H groups in total. The summed E-state index contributed by atoms with van der Waals surface area (Å²) in [5, 5.41) is 13.1. The minimum Gasteiger partial charge on any atom is -0.389 e. The van der Waals surface area contributed by atoms with Crippen LogP contribution in [0.5, 0.6) is 0 Å². The molecular weight excluding hydrogens is 271 g/mol. The van der Waals surface area contributed by atoms with Gasteiger partial charge in [-0.05, 0) is 38.5 Å². The lowest BCUT2D eigenvalue weighted by molar-refractivity contribution is 0.0276. The first-order chi connectivity index (χ1) is 10.1. The van der Waals surface area contributed by atoms with Crippen LogP contribution in [0.2, 0.25) is 0 Å². The van der Waals surface area contributed by atoms with Crippen molar-refractivity contribution in [2.45, 2.75) is 19.1 Å². The van der Waals surface area contributed by atoms with Gasteiger partial charge in [0.1, 0.15) is 5.82 Å². The Bertz CT molecular complexity index is 430. The normalized spacial score (nSPS) is 20.8. The van der Waals surface area contributed by atoms with Crippen molar-refractivity contribution in [2.75, 3.05) is 39.8 Å². The fraction of sp³-hybridized carbons (Fsp3) is 0.625. The van der Waals surface area contributed by atoms with Crippen LogP contribution >= 0.6 is 0 Å². The third kappa shape index (κ3) is 5.71. The Hall–Kier alpha value is -1.01. The highest BCUT2D eigenvalue weighted by Gasteiger charge is 2.19. The van der Waals surface area contributed by atoms with Gasteiger partial charge in [0.05, 0.1) is 19.3 Å². The molecule has 1 saturated heterocycles. The topological polar surface area (TPSA) is 44.7 Å². The van der Waals surface area contributed by atoms with Gasteiger partial charge in [0.15, 0.2) is 0 Å². The predicted molar refractivity (Wildman–Crippen MR) is 80.5 cm³/mol. The highest BCUT2D eigenvalue weighted by atomic mass is 19.1. The van der Waals surface area contributed by atoms with Crippen LogP contribution in [-0.2, 0) is 11.3 Å². The average molecular weight is 296 g/mol. The van der Waals surface area contributed by atoms with E-state index in [4.69, 9.17) is 4.74 Å². The molecular formula is C16H25FN2O2. The zero-order valence-corrected chi connectivity index (χ0v) is 12.6. The SMILES string of the molecule is CN1CCC(CNCC(O)COCc2ccccc2F)C1. The quantitative estimate of drug-likeness (QED) is 0.758. The van der Waals surface area contributed by atoms with Crippen molar-refractivity contribution in [1.82, 2.24) is 10.2 Å². The number of rotatable bonds is 8. The maximum atomic E-state index is 13.4. The average Bonchev–Trinajstić information content (AvgIpc) is 2.87. The fourth-order valence-electron chi connectivity index (χ4n) is 2.63. The number of aliphatic hydroxyl groups is 1. The third-order valence-electron chi connectivity index (χ3n) is 3.83. The molecule has 1 aliphatic heterocycles. The zero-order valence-electron chi connectivity index (χ0n) is 12.6. The van der Waals surface area contributed by atoms with Crippen LogP contribution in [0.1, 0.15) is 12.0 Å². The van der Waals surface area contributed by atoms with Crippen LogP contribution in [0.4, 0.5) is 4.39 Å². The molecule has 1 heterocycles. The maximum absolute atomic E-state index is 13.4. The van der Waals surface area contributed by atoms with E-state index in [2.05, 4.69) is 17.3 Å². The number of benzene rings is 1. The minimum absolute atomic E-state index is 0.192. The first kappa shape index (κ1) is 16.4. The summed E-state index contributed by atoms with van der Waals surface area (Å²) < 4.78 is 18.7. The van der Waals surface area contributed by atoms with Gasteiger partial charge in [0.2, 0.25) is 0 Å². The molecule has 0 radical (unpaired) electrons. The molecule has 2 unspecified atom stereocenters. The van der Waals surface area contributed by atoms with Crippen molar-refractivity contribution >= 4 is 0 Å². The first-order valence-electron chi connectivity index (χ1n) is 7.53. The van der Waals surface area contributed by atoms with E-state index < -0.39 is 6.10 Å². The number of nitrogens with zero attached hydrogens (tertiary/aromatic N) is 1. The van der Waals surface area contributed by atoms with E-state index in [1.807, 2.05) is 0 Å². The molecule has 2 rings (SSSR count). The summed E-state index contributed by atoms with van der Waals surface area (Å²) in [6.45, 7) is 4.11. The Morgan fingerprint density at radius 2 is 2.29 bits per heavy atom.